The minimum absolute atomic E-state index is 0.162. The van der Waals surface area contributed by atoms with Crippen LogP contribution in [0.1, 0.15) is 77.0 Å². The fourth-order valence-corrected chi connectivity index (χ4v) is 7.55. The summed E-state index contributed by atoms with van der Waals surface area (Å²) >= 11 is 0. The normalized spacial score (nSPS) is 42.0. The van der Waals surface area contributed by atoms with Gasteiger partial charge in [0.15, 0.2) is 5.78 Å². The van der Waals surface area contributed by atoms with Crippen LogP contribution in [0.5, 0.6) is 0 Å². The molecule has 1 aromatic rings. The van der Waals surface area contributed by atoms with Crippen molar-refractivity contribution in [2.45, 2.75) is 85.3 Å². The van der Waals surface area contributed by atoms with E-state index in [1.54, 1.807) is 0 Å². The predicted octanol–water partition coefficient (Wildman–Crippen LogP) is 5.10. The van der Waals surface area contributed by atoms with E-state index in [9.17, 15) is 9.90 Å². The molecule has 4 aliphatic carbocycles. The predicted molar refractivity (Wildman–Crippen MR) is 119 cm³/mol. The minimum atomic E-state index is -0.211. The molecule has 1 aromatic heterocycles. The number of carbonyl (C=O) groups is 1. The van der Waals surface area contributed by atoms with Gasteiger partial charge in [0.2, 0.25) is 0 Å². The highest BCUT2D eigenvalue weighted by Gasteiger charge is 2.59. The van der Waals surface area contributed by atoms with Gasteiger partial charge in [0, 0.05) is 23.2 Å². The second-order valence-corrected chi connectivity index (χ2v) is 10.8. The second-order valence-electron chi connectivity index (χ2n) is 10.8. The first-order valence-corrected chi connectivity index (χ1v) is 11.9. The van der Waals surface area contributed by atoms with E-state index in [0.717, 1.165) is 68.3 Å². The molecule has 1 N–H and O–H groups in total. The van der Waals surface area contributed by atoms with E-state index >= 15 is 0 Å². The number of aliphatic hydroxyl groups excluding tert-OH is 1. The third kappa shape index (κ3) is 2.75. The first kappa shape index (κ1) is 20.2. The molecule has 5 rings (SSSR count). The van der Waals surface area contributed by atoms with Gasteiger partial charge >= 0.3 is 0 Å². The molecule has 0 bridgehead atoms. The molecule has 3 saturated carbocycles. The number of fused-ring (bicyclic) bond motifs is 5. The number of ketones is 1. The summed E-state index contributed by atoms with van der Waals surface area (Å²) in [6, 6.07) is 0. The van der Waals surface area contributed by atoms with Gasteiger partial charge in [-0.05, 0) is 93.6 Å². The molecule has 4 heteroatoms. The molecule has 3 fully saturated rings. The minimum Gasteiger partial charge on any atom is -0.393 e. The summed E-state index contributed by atoms with van der Waals surface area (Å²) in [7, 11) is 0. The zero-order valence-corrected chi connectivity index (χ0v) is 18.9. The van der Waals surface area contributed by atoms with Crippen molar-refractivity contribution in [3.8, 4) is 0 Å². The third-order valence-corrected chi connectivity index (χ3v) is 9.49. The fraction of sp³-hybridized carbons (Fsp3) is 0.692. The Bertz CT molecular complexity index is 941. The SMILES string of the molecule is CCn1ncc(/C=C2/C[C@H]3[C@@H]4CC=C5C[C@H](O)CC[C@]5(C)[C@H]4CC[C@]3(C)C2=O)c1C. The highest BCUT2D eigenvalue weighted by molar-refractivity contribution is 6.06. The Morgan fingerprint density at radius 2 is 1.97 bits per heavy atom. The van der Waals surface area contributed by atoms with E-state index in [1.807, 2.05) is 10.9 Å². The molecule has 4 aliphatic rings. The lowest BCUT2D eigenvalue weighted by Crippen LogP contribution is -2.50. The van der Waals surface area contributed by atoms with Crippen molar-refractivity contribution in [2.24, 2.45) is 28.6 Å². The van der Waals surface area contributed by atoms with Crippen LogP contribution in [-0.4, -0.2) is 26.8 Å². The molecular formula is C26H36N2O2. The molecule has 4 nitrogen and oxygen atoms in total. The lowest BCUT2D eigenvalue weighted by atomic mass is 9.48. The van der Waals surface area contributed by atoms with Gasteiger partial charge in [0.1, 0.15) is 0 Å². The zero-order chi connectivity index (χ0) is 21.3. The summed E-state index contributed by atoms with van der Waals surface area (Å²) in [6.45, 7) is 9.74. The molecule has 0 aliphatic heterocycles. The van der Waals surface area contributed by atoms with Gasteiger partial charge in [-0.3, -0.25) is 9.48 Å². The molecule has 162 valence electrons. The van der Waals surface area contributed by atoms with Crippen LogP contribution in [0.25, 0.3) is 6.08 Å². The molecule has 0 saturated heterocycles. The third-order valence-electron chi connectivity index (χ3n) is 9.49. The van der Waals surface area contributed by atoms with E-state index in [2.05, 4.69) is 44.9 Å². The van der Waals surface area contributed by atoms with Crippen molar-refractivity contribution in [3.63, 3.8) is 0 Å². The number of carbonyl (C=O) groups excluding carboxylic acids is 1. The maximum atomic E-state index is 13.6. The molecule has 1 heterocycles. The molecule has 30 heavy (non-hydrogen) atoms. The molecule has 0 aromatic carbocycles. The van der Waals surface area contributed by atoms with Crippen LogP contribution in [-0.2, 0) is 11.3 Å². The topological polar surface area (TPSA) is 55.1 Å². The van der Waals surface area contributed by atoms with E-state index < -0.39 is 0 Å². The second kappa shape index (κ2) is 6.91. The highest BCUT2D eigenvalue weighted by Crippen LogP contribution is 2.64. The monoisotopic (exact) mass is 408 g/mol. The maximum absolute atomic E-state index is 13.6. The Kier molecular flexibility index (Phi) is 4.66. The summed E-state index contributed by atoms with van der Waals surface area (Å²) < 4.78 is 2.00. The van der Waals surface area contributed by atoms with Crippen molar-refractivity contribution in [3.05, 3.63) is 34.7 Å². The molecule has 0 unspecified atom stereocenters. The first-order chi connectivity index (χ1) is 14.3. The molecule has 0 amide bonds. The summed E-state index contributed by atoms with van der Waals surface area (Å²) in [6.07, 6.45) is 13.3. The van der Waals surface area contributed by atoms with Crippen LogP contribution in [0.15, 0.2) is 23.4 Å². The van der Waals surface area contributed by atoms with E-state index in [-0.39, 0.29) is 16.9 Å². The van der Waals surface area contributed by atoms with Crippen molar-refractivity contribution in [1.82, 2.24) is 9.78 Å². The maximum Gasteiger partial charge on any atom is 0.165 e. The van der Waals surface area contributed by atoms with Crippen LogP contribution in [0.2, 0.25) is 0 Å². The molecule has 0 spiro atoms. The van der Waals surface area contributed by atoms with Crippen molar-refractivity contribution < 1.29 is 9.90 Å². The average Bonchev–Trinajstić information content (AvgIpc) is 3.20. The zero-order valence-electron chi connectivity index (χ0n) is 18.9. The van der Waals surface area contributed by atoms with Gasteiger partial charge in [-0.15, -0.1) is 0 Å². The first-order valence-electron chi connectivity index (χ1n) is 11.9. The van der Waals surface area contributed by atoms with Gasteiger partial charge in [0.05, 0.1) is 12.3 Å². The molecule has 6 atom stereocenters. The summed E-state index contributed by atoms with van der Waals surface area (Å²) in [5.41, 5.74) is 4.76. The number of hydrogen-bond donors (Lipinski definition) is 1. The average molecular weight is 409 g/mol. The quantitative estimate of drug-likeness (QED) is 0.547. The van der Waals surface area contributed by atoms with Crippen molar-refractivity contribution >= 4 is 11.9 Å². The number of Topliss-reactive ketones (excluding diaryl/α,β-unsaturated/α-hetero) is 1. The lowest BCUT2D eigenvalue weighted by molar-refractivity contribution is -0.130. The fourth-order valence-electron chi connectivity index (χ4n) is 7.55. The summed E-state index contributed by atoms with van der Waals surface area (Å²) in [5.74, 6) is 2.06. The van der Waals surface area contributed by atoms with Gasteiger partial charge in [-0.1, -0.05) is 25.5 Å². The Morgan fingerprint density at radius 1 is 1.20 bits per heavy atom. The highest BCUT2D eigenvalue weighted by atomic mass is 16.3. The smallest absolute Gasteiger partial charge is 0.165 e. The number of aromatic nitrogens is 2. The molecular weight excluding hydrogens is 372 g/mol. The summed E-state index contributed by atoms with van der Waals surface area (Å²) in [4.78, 5) is 13.6. The van der Waals surface area contributed by atoms with Crippen molar-refractivity contribution in [2.75, 3.05) is 0 Å². The van der Waals surface area contributed by atoms with E-state index in [1.165, 1.54) is 5.57 Å². The number of rotatable bonds is 2. The Hall–Kier alpha value is -1.68. The van der Waals surface area contributed by atoms with Crippen LogP contribution in [0.3, 0.4) is 0 Å². The standard InChI is InChI=1S/C26H36N2O2/c1-5-28-16(2)18(15-27-28)12-17-13-23-21-7-6-19-14-20(29)8-10-25(19,3)22(21)9-11-26(23,4)24(17)30/h6,12,15,20-23,29H,5,7-11,13-14H2,1-4H3/b17-12-/t20-,21-,22+,23+,25+,26+/m1/s1. The van der Waals surface area contributed by atoms with Crippen LogP contribution in [0.4, 0.5) is 0 Å². The largest absolute Gasteiger partial charge is 0.393 e. The summed E-state index contributed by atoms with van der Waals surface area (Å²) in [5, 5.41) is 14.7. The van der Waals surface area contributed by atoms with Crippen molar-refractivity contribution in [1.29, 1.82) is 0 Å². The van der Waals surface area contributed by atoms with Gasteiger partial charge < -0.3 is 5.11 Å². The number of nitrogens with zero attached hydrogens (tertiary/aromatic N) is 2. The number of aryl methyl sites for hydroxylation is 1. The Morgan fingerprint density at radius 3 is 2.70 bits per heavy atom. The number of hydrogen-bond acceptors (Lipinski definition) is 3. The van der Waals surface area contributed by atoms with Gasteiger partial charge in [0.25, 0.3) is 0 Å². The van der Waals surface area contributed by atoms with E-state index in [0.29, 0.717) is 23.5 Å². The van der Waals surface area contributed by atoms with Crippen LogP contribution < -0.4 is 0 Å². The molecule has 0 radical (unpaired) electrons. The lowest BCUT2D eigenvalue weighted by Gasteiger charge is -2.56. The van der Waals surface area contributed by atoms with Crippen LogP contribution >= 0.6 is 0 Å². The Balaban J connectivity index is 1.48. The number of aliphatic hydroxyl groups is 1. The number of allylic oxidation sites excluding steroid dienone is 2. The van der Waals surface area contributed by atoms with E-state index in [4.69, 9.17) is 0 Å². The van der Waals surface area contributed by atoms with Gasteiger partial charge in [-0.2, -0.15) is 5.10 Å². The van der Waals surface area contributed by atoms with Gasteiger partial charge in [-0.25, -0.2) is 0 Å². The Labute approximate surface area is 180 Å². The van der Waals surface area contributed by atoms with Crippen LogP contribution in [0, 0.1) is 35.5 Å².